The minimum atomic E-state index is -0.0269. The van der Waals surface area contributed by atoms with Gasteiger partial charge in [0.2, 0.25) is 0 Å². The second kappa shape index (κ2) is 5.65. The van der Waals surface area contributed by atoms with E-state index in [1.165, 1.54) is 11.3 Å². The molecule has 0 saturated carbocycles. The first-order valence-electron chi connectivity index (χ1n) is 4.79. The molecule has 78 valence electrons. The maximum absolute atomic E-state index is 11.5. The molecule has 0 aliphatic heterocycles. The smallest absolute Gasteiger partial charge is 0.322 e. The molecule has 1 aromatic rings. The molecule has 1 rings (SSSR count). The molecule has 0 fully saturated rings. The standard InChI is InChI=1S/C10H16N2OS/c1-3-4-7-12(2)10(13)11-9-6-5-8-14-9/h5-6,8H,3-4,7H2,1-2H3,(H,11,13). The molecule has 0 saturated heterocycles. The molecule has 0 aliphatic rings. The van der Waals surface area contributed by atoms with Crippen molar-refractivity contribution < 1.29 is 4.79 Å². The molecule has 0 aliphatic carbocycles. The minimum Gasteiger partial charge on any atom is -0.328 e. The van der Waals surface area contributed by atoms with Gasteiger partial charge in [0.05, 0.1) is 5.00 Å². The quantitative estimate of drug-likeness (QED) is 0.817. The fourth-order valence-electron chi connectivity index (χ4n) is 1.05. The van der Waals surface area contributed by atoms with E-state index in [1.807, 2.05) is 24.6 Å². The van der Waals surface area contributed by atoms with Crippen LogP contribution in [-0.4, -0.2) is 24.5 Å². The van der Waals surface area contributed by atoms with Crippen LogP contribution in [0.2, 0.25) is 0 Å². The van der Waals surface area contributed by atoms with Gasteiger partial charge in [-0.05, 0) is 23.9 Å². The van der Waals surface area contributed by atoms with Crippen molar-refractivity contribution in [3.05, 3.63) is 17.5 Å². The Hall–Kier alpha value is -1.03. The highest BCUT2D eigenvalue weighted by molar-refractivity contribution is 7.14. The van der Waals surface area contributed by atoms with Crippen LogP contribution in [0.15, 0.2) is 17.5 Å². The maximum Gasteiger partial charge on any atom is 0.322 e. The molecule has 2 amide bonds. The Morgan fingerprint density at radius 1 is 1.64 bits per heavy atom. The SMILES string of the molecule is CCCCN(C)C(=O)Nc1cccs1. The molecule has 0 spiro atoms. The Bertz CT molecular complexity index is 272. The monoisotopic (exact) mass is 212 g/mol. The lowest BCUT2D eigenvalue weighted by atomic mass is 10.3. The molecule has 4 heteroatoms. The van der Waals surface area contributed by atoms with Crippen molar-refractivity contribution in [2.75, 3.05) is 18.9 Å². The minimum absolute atomic E-state index is 0.0269. The molecule has 0 unspecified atom stereocenters. The van der Waals surface area contributed by atoms with E-state index in [1.54, 1.807) is 4.90 Å². The van der Waals surface area contributed by atoms with Gasteiger partial charge in [0.15, 0.2) is 0 Å². The number of unbranched alkanes of at least 4 members (excludes halogenated alkanes) is 1. The van der Waals surface area contributed by atoms with Gasteiger partial charge in [-0.2, -0.15) is 0 Å². The zero-order chi connectivity index (χ0) is 10.4. The molecular weight excluding hydrogens is 196 g/mol. The molecule has 14 heavy (non-hydrogen) atoms. The van der Waals surface area contributed by atoms with E-state index in [-0.39, 0.29) is 6.03 Å². The van der Waals surface area contributed by atoms with Crippen LogP contribution in [0.25, 0.3) is 0 Å². The zero-order valence-corrected chi connectivity index (χ0v) is 9.43. The highest BCUT2D eigenvalue weighted by Gasteiger charge is 2.07. The number of urea groups is 1. The number of hydrogen-bond donors (Lipinski definition) is 1. The van der Waals surface area contributed by atoms with Crippen molar-refractivity contribution in [2.45, 2.75) is 19.8 Å². The van der Waals surface area contributed by atoms with E-state index in [2.05, 4.69) is 12.2 Å². The lowest BCUT2D eigenvalue weighted by Gasteiger charge is -2.16. The van der Waals surface area contributed by atoms with E-state index in [0.29, 0.717) is 0 Å². The van der Waals surface area contributed by atoms with E-state index in [9.17, 15) is 4.79 Å². The van der Waals surface area contributed by atoms with Crippen LogP contribution in [0, 0.1) is 0 Å². The lowest BCUT2D eigenvalue weighted by Crippen LogP contribution is -2.31. The number of rotatable bonds is 4. The van der Waals surface area contributed by atoms with E-state index in [0.717, 1.165) is 24.4 Å². The van der Waals surface area contributed by atoms with Crippen LogP contribution < -0.4 is 5.32 Å². The first-order valence-corrected chi connectivity index (χ1v) is 5.67. The van der Waals surface area contributed by atoms with Crippen molar-refractivity contribution >= 4 is 22.4 Å². The van der Waals surface area contributed by atoms with Gasteiger partial charge in [0.1, 0.15) is 0 Å². The van der Waals surface area contributed by atoms with Crippen LogP contribution in [-0.2, 0) is 0 Å². The molecule has 0 atom stereocenters. The fourth-order valence-corrected chi connectivity index (χ4v) is 1.65. The average molecular weight is 212 g/mol. The Morgan fingerprint density at radius 3 is 3.00 bits per heavy atom. The predicted molar refractivity (Wildman–Crippen MR) is 60.9 cm³/mol. The third-order valence-corrected chi connectivity index (χ3v) is 2.73. The lowest BCUT2D eigenvalue weighted by molar-refractivity contribution is 0.222. The zero-order valence-electron chi connectivity index (χ0n) is 8.62. The van der Waals surface area contributed by atoms with Crippen LogP contribution in [0.4, 0.5) is 9.80 Å². The summed E-state index contributed by atoms with van der Waals surface area (Å²) in [4.78, 5) is 13.2. The van der Waals surface area contributed by atoms with Gasteiger partial charge in [-0.1, -0.05) is 13.3 Å². The molecule has 3 nitrogen and oxygen atoms in total. The number of amides is 2. The Kier molecular flexibility index (Phi) is 4.46. The number of carbonyl (C=O) groups excluding carboxylic acids is 1. The highest BCUT2D eigenvalue weighted by Crippen LogP contribution is 2.15. The van der Waals surface area contributed by atoms with Crippen molar-refractivity contribution in [1.29, 1.82) is 0 Å². The maximum atomic E-state index is 11.5. The van der Waals surface area contributed by atoms with Gasteiger partial charge in [-0.25, -0.2) is 4.79 Å². The summed E-state index contributed by atoms with van der Waals surface area (Å²) in [6.45, 7) is 2.93. The van der Waals surface area contributed by atoms with Gasteiger partial charge in [0, 0.05) is 13.6 Å². The molecule has 1 aromatic heterocycles. The normalized spacial score (nSPS) is 9.86. The second-order valence-corrected chi connectivity index (χ2v) is 4.13. The van der Waals surface area contributed by atoms with Crippen LogP contribution in [0.5, 0.6) is 0 Å². The second-order valence-electron chi connectivity index (χ2n) is 3.18. The van der Waals surface area contributed by atoms with Crippen molar-refractivity contribution in [1.82, 2.24) is 4.90 Å². The van der Waals surface area contributed by atoms with E-state index in [4.69, 9.17) is 0 Å². The van der Waals surface area contributed by atoms with Crippen LogP contribution in [0.3, 0.4) is 0 Å². The first kappa shape index (κ1) is 11.0. The predicted octanol–water partition coefficient (Wildman–Crippen LogP) is 3.01. The number of hydrogen-bond acceptors (Lipinski definition) is 2. The van der Waals surface area contributed by atoms with Crippen molar-refractivity contribution in [3.63, 3.8) is 0 Å². The molecular formula is C10H16N2OS. The average Bonchev–Trinajstić information content (AvgIpc) is 2.66. The summed E-state index contributed by atoms with van der Waals surface area (Å²) in [5.74, 6) is 0. The number of carbonyl (C=O) groups is 1. The molecule has 0 radical (unpaired) electrons. The van der Waals surface area contributed by atoms with Gasteiger partial charge in [0.25, 0.3) is 0 Å². The van der Waals surface area contributed by atoms with E-state index < -0.39 is 0 Å². The van der Waals surface area contributed by atoms with Crippen molar-refractivity contribution in [3.8, 4) is 0 Å². The summed E-state index contributed by atoms with van der Waals surface area (Å²) < 4.78 is 0. The Balaban J connectivity index is 2.34. The summed E-state index contributed by atoms with van der Waals surface area (Å²) in [7, 11) is 1.82. The molecule has 1 heterocycles. The van der Waals surface area contributed by atoms with E-state index >= 15 is 0 Å². The summed E-state index contributed by atoms with van der Waals surface area (Å²) in [5, 5.41) is 5.68. The number of thiophene rings is 1. The summed E-state index contributed by atoms with van der Waals surface area (Å²) in [5.41, 5.74) is 0. The van der Waals surface area contributed by atoms with Crippen molar-refractivity contribution in [2.24, 2.45) is 0 Å². The third-order valence-electron chi connectivity index (χ3n) is 1.95. The summed E-state index contributed by atoms with van der Waals surface area (Å²) in [6, 6.07) is 3.80. The van der Waals surface area contributed by atoms with Crippen LogP contribution >= 0.6 is 11.3 Å². The fraction of sp³-hybridized carbons (Fsp3) is 0.500. The number of anilines is 1. The topological polar surface area (TPSA) is 32.3 Å². The molecule has 0 bridgehead atoms. The summed E-state index contributed by atoms with van der Waals surface area (Å²) >= 11 is 1.53. The molecule has 0 aromatic carbocycles. The summed E-state index contributed by atoms with van der Waals surface area (Å²) in [6.07, 6.45) is 2.16. The number of nitrogens with zero attached hydrogens (tertiary/aromatic N) is 1. The Morgan fingerprint density at radius 2 is 2.43 bits per heavy atom. The largest absolute Gasteiger partial charge is 0.328 e. The van der Waals surface area contributed by atoms with Gasteiger partial charge >= 0.3 is 6.03 Å². The highest BCUT2D eigenvalue weighted by atomic mass is 32.1. The van der Waals surface area contributed by atoms with Crippen LogP contribution in [0.1, 0.15) is 19.8 Å². The molecule has 1 N–H and O–H groups in total. The van der Waals surface area contributed by atoms with Gasteiger partial charge in [-0.3, -0.25) is 5.32 Å². The van der Waals surface area contributed by atoms with Gasteiger partial charge in [-0.15, -0.1) is 11.3 Å². The third kappa shape index (κ3) is 3.38. The Labute approximate surface area is 88.7 Å². The number of nitrogens with one attached hydrogen (secondary N) is 1. The van der Waals surface area contributed by atoms with Gasteiger partial charge < -0.3 is 4.90 Å². The first-order chi connectivity index (χ1) is 6.74.